The number of hydrogen-bond acceptors (Lipinski definition) is 5. The number of ketones is 1. The quantitative estimate of drug-likeness (QED) is 0.228. The van der Waals surface area contributed by atoms with Crippen molar-refractivity contribution in [3.63, 3.8) is 0 Å². The maximum Gasteiger partial charge on any atom is 0.280 e. The van der Waals surface area contributed by atoms with Gasteiger partial charge in [0.15, 0.2) is 5.78 Å². The van der Waals surface area contributed by atoms with Gasteiger partial charge in [0.2, 0.25) is 0 Å². The summed E-state index contributed by atoms with van der Waals surface area (Å²) < 4.78 is 6.19. The lowest BCUT2D eigenvalue weighted by molar-refractivity contribution is -0.384. The molecule has 2 aliphatic rings. The Hall–Kier alpha value is -3.90. The zero-order valence-corrected chi connectivity index (χ0v) is 20.6. The lowest BCUT2D eigenvalue weighted by Gasteiger charge is -2.39. The third kappa shape index (κ3) is 3.60. The van der Waals surface area contributed by atoms with Gasteiger partial charge in [0.25, 0.3) is 5.69 Å². The fourth-order valence-electron chi connectivity index (χ4n) is 5.57. The van der Waals surface area contributed by atoms with Gasteiger partial charge in [-0.1, -0.05) is 55.8 Å². The minimum Gasteiger partial charge on any atom is -0.458 e. The maximum atomic E-state index is 13.6. The molecule has 0 fully saturated rings. The highest BCUT2D eigenvalue weighted by Gasteiger charge is 2.41. The lowest BCUT2D eigenvalue weighted by atomic mass is 9.68. The van der Waals surface area contributed by atoms with Gasteiger partial charge in [-0.05, 0) is 58.5 Å². The van der Waals surface area contributed by atoms with E-state index in [1.165, 1.54) is 18.2 Å². The number of Topliss-reactive ketones (excluding diaryl/α,β-unsaturated/α-hetero) is 1. The molecule has 1 aromatic heterocycles. The molecule has 2 heterocycles. The zero-order valence-electron chi connectivity index (χ0n) is 19.8. The predicted molar refractivity (Wildman–Crippen MR) is 141 cm³/mol. The Labute approximate surface area is 212 Å². The fourth-order valence-corrected chi connectivity index (χ4v) is 5.74. The van der Waals surface area contributed by atoms with Crippen molar-refractivity contribution in [3.05, 3.63) is 98.8 Å². The van der Waals surface area contributed by atoms with E-state index >= 15 is 0 Å². The number of hydrogen-bond donors (Lipinski definition) is 1. The summed E-state index contributed by atoms with van der Waals surface area (Å²) in [7, 11) is 0. The fraction of sp³-hybridized carbons (Fsp3) is 0.207. The summed E-state index contributed by atoms with van der Waals surface area (Å²) in [4.78, 5) is 24.7. The summed E-state index contributed by atoms with van der Waals surface area (Å²) in [5, 5.41) is 17.7. The molecule has 1 atom stereocenters. The topological polar surface area (TPSA) is 85.4 Å². The van der Waals surface area contributed by atoms with Crippen LogP contribution in [0.2, 0.25) is 5.02 Å². The maximum absolute atomic E-state index is 13.6. The van der Waals surface area contributed by atoms with E-state index in [9.17, 15) is 14.9 Å². The number of nitro benzene ring substituents is 1. The molecule has 7 heteroatoms. The molecule has 3 aromatic carbocycles. The van der Waals surface area contributed by atoms with Crippen LogP contribution in [-0.4, -0.2) is 10.7 Å². The molecule has 1 aliphatic heterocycles. The highest BCUT2D eigenvalue weighted by molar-refractivity contribution is 6.31. The molecular weight excluding hydrogens is 476 g/mol. The Balaban J connectivity index is 1.53. The molecule has 180 valence electrons. The van der Waals surface area contributed by atoms with Gasteiger partial charge >= 0.3 is 0 Å². The molecule has 6 rings (SSSR count). The second-order valence-electron chi connectivity index (χ2n) is 10.2. The van der Waals surface area contributed by atoms with Crippen LogP contribution in [0.5, 0.6) is 0 Å². The lowest BCUT2D eigenvalue weighted by Crippen LogP contribution is -2.33. The van der Waals surface area contributed by atoms with Crippen molar-refractivity contribution in [3.8, 4) is 11.3 Å². The molecule has 0 saturated carbocycles. The van der Waals surface area contributed by atoms with E-state index in [2.05, 4.69) is 37.4 Å². The van der Waals surface area contributed by atoms with Crippen LogP contribution in [-0.2, 0) is 4.79 Å². The Morgan fingerprint density at radius 1 is 1.06 bits per heavy atom. The molecule has 6 nitrogen and oxygen atoms in total. The van der Waals surface area contributed by atoms with E-state index in [0.717, 1.165) is 34.0 Å². The largest absolute Gasteiger partial charge is 0.458 e. The van der Waals surface area contributed by atoms with Gasteiger partial charge in [-0.2, -0.15) is 0 Å². The van der Waals surface area contributed by atoms with Gasteiger partial charge in [-0.15, -0.1) is 0 Å². The van der Waals surface area contributed by atoms with E-state index in [-0.39, 0.29) is 16.9 Å². The summed E-state index contributed by atoms with van der Waals surface area (Å²) in [6, 6.07) is 19.7. The van der Waals surface area contributed by atoms with Gasteiger partial charge in [-0.3, -0.25) is 14.9 Å². The molecule has 0 unspecified atom stereocenters. The van der Waals surface area contributed by atoms with Crippen LogP contribution >= 0.6 is 11.6 Å². The number of carbonyl (C=O) groups is 1. The second kappa shape index (κ2) is 8.07. The monoisotopic (exact) mass is 498 g/mol. The van der Waals surface area contributed by atoms with E-state index in [0.29, 0.717) is 34.1 Å². The Kier molecular flexibility index (Phi) is 5.05. The van der Waals surface area contributed by atoms with Crippen molar-refractivity contribution in [1.82, 2.24) is 0 Å². The highest BCUT2D eigenvalue weighted by Crippen LogP contribution is 2.52. The number of anilines is 1. The van der Waals surface area contributed by atoms with Crippen LogP contribution < -0.4 is 5.32 Å². The Bertz CT molecular complexity index is 1610. The van der Waals surface area contributed by atoms with Gasteiger partial charge in [-0.25, -0.2) is 0 Å². The molecule has 0 spiro atoms. The first kappa shape index (κ1) is 22.6. The van der Waals surface area contributed by atoms with Gasteiger partial charge in [0.1, 0.15) is 17.6 Å². The number of fused-ring (bicyclic) bond motifs is 4. The minimum absolute atomic E-state index is 0.0871. The van der Waals surface area contributed by atoms with Crippen LogP contribution in [0.1, 0.15) is 44.1 Å². The van der Waals surface area contributed by atoms with Crippen LogP contribution in [0.25, 0.3) is 27.7 Å². The number of allylic oxidation sites excluding steroid dienone is 1. The average Bonchev–Trinajstić information content (AvgIpc) is 3.32. The third-order valence-electron chi connectivity index (χ3n) is 7.07. The molecular formula is C29H23ClN2O4. The molecule has 1 N–H and O–H groups in total. The van der Waals surface area contributed by atoms with E-state index in [4.69, 9.17) is 16.0 Å². The Morgan fingerprint density at radius 2 is 1.86 bits per heavy atom. The molecule has 0 radical (unpaired) electrons. The number of nitro groups is 1. The SMILES string of the molecule is CC1(C)CC(=O)C2=C(C1)c1c(ccc3ccccc13)N[C@@H]2c1ccc(-c2cc(Cl)ccc2[N+](=O)[O-])o1. The van der Waals surface area contributed by atoms with Crippen molar-refractivity contribution in [1.29, 1.82) is 0 Å². The van der Waals surface area contributed by atoms with E-state index in [1.807, 2.05) is 18.2 Å². The van der Waals surface area contributed by atoms with Gasteiger partial charge in [0.05, 0.1) is 10.5 Å². The minimum atomic E-state index is -0.496. The zero-order chi connectivity index (χ0) is 25.2. The number of carbonyl (C=O) groups excluding carboxylic acids is 1. The summed E-state index contributed by atoms with van der Waals surface area (Å²) in [5.41, 5.74) is 3.79. The normalized spacial score (nSPS) is 18.5. The van der Waals surface area contributed by atoms with Crippen LogP contribution in [0.15, 0.2) is 76.7 Å². The van der Waals surface area contributed by atoms with E-state index in [1.54, 1.807) is 12.1 Å². The van der Waals surface area contributed by atoms with Crippen molar-refractivity contribution in [2.24, 2.45) is 5.41 Å². The number of rotatable bonds is 3. The molecule has 0 amide bonds. The number of nitrogens with zero attached hydrogens (tertiary/aromatic N) is 1. The van der Waals surface area contributed by atoms with E-state index < -0.39 is 11.0 Å². The number of furan rings is 1. The van der Waals surface area contributed by atoms with Crippen molar-refractivity contribution in [2.45, 2.75) is 32.7 Å². The molecule has 0 bridgehead atoms. The summed E-state index contributed by atoms with van der Waals surface area (Å²) in [6.45, 7) is 4.25. The van der Waals surface area contributed by atoms with Crippen LogP contribution in [0.3, 0.4) is 0 Å². The number of benzene rings is 3. The predicted octanol–water partition coefficient (Wildman–Crippen LogP) is 7.97. The smallest absolute Gasteiger partial charge is 0.280 e. The summed E-state index contributed by atoms with van der Waals surface area (Å²) in [5.74, 6) is 0.943. The number of nitrogens with one attached hydrogen (secondary N) is 1. The first-order valence-corrected chi connectivity index (χ1v) is 12.2. The number of halogens is 1. The highest BCUT2D eigenvalue weighted by atomic mass is 35.5. The third-order valence-corrected chi connectivity index (χ3v) is 7.31. The summed E-state index contributed by atoms with van der Waals surface area (Å²) in [6.07, 6.45) is 1.21. The second-order valence-corrected chi connectivity index (χ2v) is 10.7. The first-order valence-electron chi connectivity index (χ1n) is 11.8. The molecule has 0 saturated heterocycles. The van der Waals surface area contributed by atoms with Crippen LogP contribution in [0.4, 0.5) is 11.4 Å². The van der Waals surface area contributed by atoms with Gasteiger partial charge < -0.3 is 9.73 Å². The molecule has 36 heavy (non-hydrogen) atoms. The standard InChI is InChI=1S/C29H23ClN2O4/c1-29(2)14-20-26-18-6-4-3-5-16(18)7-9-21(26)31-28(27(20)23(33)15-29)25-12-11-24(36-25)19-13-17(30)8-10-22(19)32(34)35/h3-13,28,31H,14-15H2,1-2H3/t28-/m1/s1. The van der Waals surface area contributed by atoms with Crippen LogP contribution in [0, 0.1) is 15.5 Å². The molecule has 1 aliphatic carbocycles. The first-order chi connectivity index (χ1) is 17.2. The van der Waals surface area contributed by atoms with Crippen molar-refractivity contribution < 1.29 is 14.1 Å². The van der Waals surface area contributed by atoms with Crippen molar-refractivity contribution >= 4 is 45.1 Å². The summed E-state index contributed by atoms with van der Waals surface area (Å²) >= 11 is 6.14. The molecule has 4 aromatic rings. The Morgan fingerprint density at radius 3 is 2.67 bits per heavy atom. The average molecular weight is 499 g/mol. The van der Waals surface area contributed by atoms with Gasteiger partial charge in [0, 0.05) is 34.3 Å². The van der Waals surface area contributed by atoms with Crippen molar-refractivity contribution in [2.75, 3.05) is 5.32 Å².